The van der Waals surface area contributed by atoms with Crippen molar-refractivity contribution in [3.05, 3.63) is 50.4 Å². The van der Waals surface area contributed by atoms with E-state index in [9.17, 15) is 14.9 Å². The Balaban J connectivity index is 2.22. The second-order valence-electron chi connectivity index (χ2n) is 5.20. The lowest BCUT2D eigenvalue weighted by Gasteiger charge is -2.09. The molecule has 1 heterocycles. The van der Waals surface area contributed by atoms with E-state index in [-0.39, 0.29) is 11.2 Å². The molecule has 1 aliphatic carbocycles. The summed E-state index contributed by atoms with van der Waals surface area (Å²) in [6.45, 7) is 2.65. The van der Waals surface area contributed by atoms with Gasteiger partial charge in [0.05, 0.1) is 10.3 Å². The Morgan fingerprint density at radius 3 is 2.74 bits per heavy atom. The molecule has 1 fully saturated rings. The largest absolute Gasteiger partial charge is 0.314 e. The van der Waals surface area contributed by atoms with Crippen molar-refractivity contribution in [3.63, 3.8) is 0 Å². The number of pyridine rings is 1. The van der Waals surface area contributed by atoms with Crippen LogP contribution < -0.4 is 5.56 Å². The van der Waals surface area contributed by atoms with Gasteiger partial charge in [-0.3, -0.25) is 14.9 Å². The van der Waals surface area contributed by atoms with Crippen molar-refractivity contribution < 1.29 is 4.92 Å². The maximum absolute atomic E-state index is 12.4. The molecule has 2 aromatic rings. The number of nitro benzene ring substituents is 1. The first-order valence-corrected chi connectivity index (χ1v) is 6.34. The van der Waals surface area contributed by atoms with E-state index >= 15 is 0 Å². The lowest BCUT2D eigenvalue weighted by Crippen LogP contribution is -2.21. The minimum atomic E-state index is -0.466. The number of aryl methyl sites for hydroxylation is 1. The zero-order valence-corrected chi connectivity index (χ0v) is 10.6. The fourth-order valence-electron chi connectivity index (χ4n) is 2.40. The number of nitro groups is 1. The Morgan fingerprint density at radius 1 is 1.37 bits per heavy atom. The topological polar surface area (TPSA) is 65.1 Å². The van der Waals surface area contributed by atoms with Crippen molar-refractivity contribution >= 4 is 16.5 Å². The maximum atomic E-state index is 12.4. The molecule has 0 radical (unpaired) electrons. The van der Waals surface area contributed by atoms with Crippen molar-refractivity contribution in [2.24, 2.45) is 5.92 Å². The zero-order valence-electron chi connectivity index (χ0n) is 10.6. The third-order valence-electron chi connectivity index (χ3n) is 3.63. The molecule has 19 heavy (non-hydrogen) atoms. The number of hydrogen-bond acceptors (Lipinski definition) is 3. The van der Waals surface area contributed by atoms with Crippen LogP contribution in [-0.4, -0.2) is 9.49 Å². The molecule has 0 amide bonds. The molecule has 1 aliphatic rings. The number of nitrogens with zero attached hydrogens (tertiary/aromatic N) is 2. The zero-order chi connectivity index (χ0) is 13.6. The van der Waals surface area contributed by atoms with Crippen LogP contribution in [0.2, 0.25) is 0 Å². The van der Waals surface area contributed by atoms with Gasteiger partial charge in [-0.1, -0.05) is 0 Å². The van der Waals surface area contributed by atoms with E-state index in [4.69, 9.17) is 0 Å². The number of rotatable bonds is 3. The summed E-state index contributed by atoms with van der Waals surface area (Å²) in [5.74, 6) is 0.591. The number of non-ortho nitro benzene ring substituents is 1. The van der Waals surface area contributed by atoms with E-state index in [1.54, 1.807) is 10.6 Å². The molecule has 98 valence electrons. The highest BCUT2D eigenvalue weighted by molar-refractivity contribution is 5.86. The molecule has 0 saturated heterocycles. The fraction of sp³-hybridized carbons (Fsp3) is 0.357. The summed E-state index contributed by atoms with van der Waals surface area (Å²) in [7, 11) is 0. The summed E-state index contributed by atoms with van der Waals surface area (Å²) in [6.07, 6.45) is 4.19. The summed E-state index contributed by atoms with van der Waals surface area (Å²) in [6, 6.07) is 4.49. The van der Waals surface area contributed by atoms with Crippen molar-refractivity contribution in [2.45, 2.75) is 26.3 Å². The van der Waals surface area contributed by atoms with Gasteiger partial charge in [-0.25, -0.2) is 0 Å². The molecule has 1 aromatic carbocycles. The van der Waals surface area contributed by atoms with Gasteiger partial charge in [0.15, 0.2) is 0 Å². The molecule has 0 N–H and O–H groups in total. The Hall–Kier alpha value is -2.17. The van der Waals surface area contributed by atoms with Crippen LogP contribution in [0.5, 0.6) is 0 Å². The molecule has 5 heteroatoms. The highest BCUT2D eigenvalue weighted by atomic mass is 16.6. The van der Waals surface area contributed by atoms with Crippen LogP contribution >= 0.6 is 0 Å². The minimum absolute atomic E-state index is 0.0341. The van der Waals surface area contributed by atoms with Gasteiger partial charge in [0.1, 0.15) is 0 Å². The number of hydrogen-bond donors (Lipinski definition) is 0. The first-order chi connectivity index (χ1) is 9.06. The second-order valence-corrected chi connectivity index (χ2v) is 5.20. The van der Waals surface area contributed by atoms with Crippen LogP contribution in [0.1, 0.15) is 18.4 Å². The van der Waals surface area contributed by atoms with E-state index in [0.717, 1.165) is 17.5 Å². The van der Waals surface area contributed by atoms with Gasteiger partial charge in [-0.05, 0) is 42.7 Å². The third-order valence-corrected chi connectivity index (χ3v) is 3.63. The van der Waals surface area contributed by atoms with Crippen molar-refractivity contribution in [1.82, 2.24) is 4.57 Å². The average molecular weight is 258 g/mol. The molecule has 1 aromatic heterocycles. The van der Waals surface area contributed by atoms with Gasteiger partial charge in [0, 0.05) is 24.9 Å². The molecule has 5 nitrogen and oxygen atoms in total. The molecule has 0 spiro atoms. The van der Waals surface area contributed by atoms with E-state index < -0.39 is 4.92 Å². The Kier molecular flexibility index (Phi) is 2.62. The van der Waals surface area contributed by atoms with Gasteiger partial charge >= 0.3 is 0 Å². The molecule has 1 saturated carbocycles. The third kappa shape index (κ3) is 2.12. The molecule has 3 rings (SSSR count). The highest BCUT2D eigenvalue weighted by Gasteiger charge is 2.23. The number of aromatic nitrogens is 1. The van der Waals surface area contributed by atoms with Crippen LogP contribution in [0.4, 0.5) is 5.69 Å². The Bertz CT molecular complexity index is 729. The highest BCUT2D eigenvalue weighted by Crippen LogP contribution is 2.30. The SMILES string of the molecule is Cc1cn(CC2CC2)c(=O)c2cc([N+](=O)[O-])ccc12. The molecule has 0 aliphatic heterocycles. The van der Waals surface area contributed by atoms with Gasteiger partial charge in [0.25, 0.3) is 11.2 Å². The van der Waals surface area contributed by atoms with Crippen LogP contribution in [0, 0.1) is 23.0 Å². The number of fused-ring (bicyclic) bond motifs is 1. The van der Waals surface area contributed by atoms with Crippen molar-refractivity contribution in [2.75, 3.05) is 0 Å². The van der Waals surface area contributed by atoms with Crippen LogP contribution in [0.3, 0.4) is 0 Å². The molecular formula is C14H14N2O3. The van der Waals surface area contributed by atoms with E-state index in [1.807, 2.05) is 13.1 Å². The summed E-state index contributed by atoms with van der Waals surface area (Å²) in [4.78, 5) is 22.7. The summed E-state index contributed by atoms with van der Waals surface area (Å²) in [5.41, 5.74) is 0.814. The average Bonchev–Trinajstić information content (AvgIpc) is 3.19. The van der Waals surface area contributed by atoms with Gasteiger partial charge in [-0.2, -0.15) is 0 Å². The van der Waals surface area contributed by atoms with Crippen molar-refractivity contribution in [1.29, 1.82) is 0 Å². The van der Waals surface area contributed by atoms with Gasteiger partial charge < -0.3 is 4.57 Å². The second kappa shape index (κ2) is 4.19. The van der Waals surface area contributed by atoms with Crippen molar-refractivity contribution in [3.8, 4) is 0 Å². The summed E-state index contributed by atoms with van der Waals surface area (Å²) < 4.78 is 1.69. The fourth-order valence-corrected chi connectivity index (χ4v) is 2.40. The quantitative estimate of drug-likeness (QED) is 0.628. The predicted octanol–water partition coefficient (Wildman–Crippen LogP) is 2.63. The molecular weight excluding hydrogens is 244 g/mol. The van der Waals surface area contributed by atoms with E-state index in [1.165, 1.54) is 25.0 Å². The standard InChI is InChI=1S/C14H14N2O3/c1-9-7-15(8-10-2-3-10)14(17)13-6-11(16(18)19)4-5-12(9)13/h4-7,10H,2-3,8H2,1H3. The van der Waals surface area contributed by atoms with Crippen LogP contribution in [0.15, 0.2) is 29.2 Å². The van der Waals surface area contributed by atoms with Gasteiger partial charge in [0.2, 0.25) is 0 Å². The molecule has 0 bridgehead atoms. The smallest absolute Gasteiger partial charge is 0.270 e. The normalized spacial score (nSPS) is 14.8. The molecule has 0 unspecified atom stereocenters. The first-order valence-electron chi connectivity index (χ1n) is 6.34. The minimum Gasteiger partial charge on any atom is -0.314 e. The Morgan fingerprint density at radius 2 is 2.11 bits per heavy atom. The predicted molar refractivity (Wildman–Crippen MR) is 72.3 cm³/mol. The lowest BCUT2D eigenvalue weighted by molar-refractivity contribution is -0.384. The van der Waals surface area contributed by atoms with E-state index in [0.29, 0.717) is 11.3 Å². The molecule has 0 atom stereocenters. The summed E-state index contributed by atoms with van der Waals surface area (Å²) in [5, 5.41) is 12.0. The number of benzene rings is 1. The lowest BCUT2D eigenvalue weighted by atomic mass is 10.1. The van der Waals surface area contributed by atoms with Crippen LogP contribution in [-0.2, 0) is 6.54 Å². The maximum Gasteiger partial charge on any atom is 0.270 e. The Labute approximate surface area is 109 Å². The van der Waals surface area contributed by atoms with E-state index in [2.05, 4.69) is 0 Å². The monoisotopic (exact) mass is 258 g/mol. The summed E-state index contributed by atoms with van der Waals surface area (Å²) >= 11 is 0. The van der Waals surface area contributed by atoms with Gasteiger partial charge in [-0.15, -0.1) is 0 Å². The van der Waals surface area contributed by atoms with Crippen LogP contribution in [0.25, 0.3) is 10.8 Å². The first kappa shape index (κ1) is 11.9.